The van der Waals surface area contributed by atoms with Gasteiger partial charge in [-0.1, -0.05) is 13.8 Å². The van der Waals surface area contributed by atoms with Crippen molar-refractivity contribution in [1.29, 1.82) is 0 Å². The van der Waals surface area contributed by atoms with E-state index in [0.717, 1.165) is 0 Å². The molecule has 0 spiro atoms. The number of nitrogens with two attached hydrogens (primary N) is 1. The van der Waals surface area contributed by atoms with Crippen LogP contribution in [-0.4, -0.2) is 18.1 Å². The van der Waals surface area contributed by atoms with Gasteiger partial charge in [-0.3, -0.25) is 9.59 Å². The molecule has 0 aromatic heterocycles. The molecule has 3 heteroatoms. The van der Waals surface area contributed by atoms with Crippen molar-refractivity contribution in [1.82, 2.24) is 0 Å². The van der Waals surface area contributed by atoms with Gasteiger partial charge in [0.2, 0.25) is 0 Å². The highest BCUT2D eigenvalue weighted by molar-refractivity contribution is 5.99. The molecule has 0 aliphatic carbocycles. The van der Waals surface area contributed by atoms with E-state index < -0.39 is 0 Å². The quantitative estimate of drug-likeness (QED) is 0.604. The summed E-state index contributed by atoms with van der Waals surface area (Å²) in [6.45, 7) is 4.12. The fraction of sp³-hybridized carbons (Fsp3) is 0.778. The van der Waals surface area contributed by atoms with Gasteiger partial charge in [-0.25, -0.2) is 0 Å². The third-order valence-corrected chi connectivity index (χ3v) is 1.68. The first-order valence-corrected chi connectivity index (χ1v) is 4.32. The first-order valence-electron chi connectivity index (χ1n) is 4.32. The molecule has 0 saturated carbocycles. The Kier molecular flexibility index (Phi) is 5.54. The minimum absolute atomic E-state index is 0.0131. The number of ketones is 2. The van der Waals surface area contributed by atoms with E-state index in [9.17, 15) is 9.59 Å². The summed E-state index contributed by atoms with van der Waals surface area (Å²) >= 11 is 0. The minimum Gasteiger partial charge on any atom is -0.330 e. The highest BCUT2D eigenvalue weighted by Crippen LogP contribution is 2.02. The zero-order valence-electron chi connectivity index (χ0n) is 7.80. The van der Waals surface area contributed by atoms with E-state index in [1.165, 1.54) is 0 Å². The average molecular weight is 171 g/mol. The Morgan fingerprint density at radius 1 is 1.33 bits per heavy atom. The zero-order chi connectivity index (χ0) is 9.56. The van der Waals surface area contributed by atoms with Crippen LogP contribution in [0.15, 0.2) is 0 Å². The SMILES string of the molecule is CC(C)C(=O)CC(=O)CCCN. The summed E-state index contributed by atoms with van der Waals surface area (Å²) in [7, 11) is 0. The molecule has 0 amide bonds. The molecule has 0 aliphatic rings. The van der Waals surface area contributed by atoms with Gasteiger partial charge in [0.15, 0.2) is 0 Å². The maximum absolute atomic E-state index is 11.1. The van der Waals surface area contributed by atoms with E-state index >= 15 is 0 Å². The van der Waals surface area contributed by atoms with E-state index in [1.54, 1.807) is 13.8 Å². The van der Waals surface area contributed by atoms with Crippen molar-refractivity contribution in [2.75, 3.05) is 6.54 Å². The summed E-state index contributed by atoms with van der Waals surface area (Å²) in [6, 6.07) is 0. The Bertz CT molecular complexity index is 164. The molecule has 0 aromatic carbocycles. The number of carbonyl (C=O) groups excluding carboxylic acids is 2. The molecular formula is C9H17NO2. The summed E-state index contributed by atoms with van der Waals surface area (Å²) in [4.78, 5) is 22.1. The van der Waals surface area contributed by atoms with E-state index in [0.29, 0.717) is 19.4 Å². The predicted molar refractivity (Wildman–Crippen MR) is 47.8 cm³/mol. The van der Waals surface area contributed by atoms with Crippen LogP contribution in [0.5, 0.6) is 0 Å². The molecule has 0 heterocycles. The molecule has 0 radical (unpaired) electrons. The molecule has 70 valence electrons. The lowest BCUT2D eigenvalue weighted by Crippen LogP contribution is -2.14. The van der Waals surface area contributed by atoms with E-state index in [4.69, 9.17) is 5.73 Å². The molecule has 0 saturated heterocycles. The largest absolute Gasteiger partial charge is 0.330 e. The van der Waals surface area contributed by atoms with Gasteiger partial charge >= 0.3 is 0 Å². The molecule has 0 fully saturated rings. The maximum Gasteiger partial charge on any atom is 0.142 e. The Balaban J connectivity index is 3.62. The van der Waals surface area contributed by atoms with Crippen molar-refractivity contribution in [2.45, 2.75) is 33.1 Å². The Morgan fingerprint density at radius 3 is 2.33 bits per heavy atom. The first-order chi connectivity index (χ1) is 5.57. The number of Topliss-reactive ketones (excluding diaryl/α,β-unsaturated/α-hetero) is 2. The average Bonchev–Trinajstić information content (AvgIpc) is 2.00. The predicted octanol–water partition coefficient (Wildman–Crippen LogP) is 0.910. The van der Waals surface area contributed by atoms with Crippen molar-refractivity contribution >= 4 is 11.6 Å². The van der Waals surface area contributed by atoms with Gasteiger partial charge in [-0.05, 0) is 13.0 Å². The molecule has 12 heavy (non-hydrogen) atoms. The molecule has 2 N–H and O–H groups in total. The van der Waals surface area contributed by atoms with Crippen molar-refractivity contribution in [3.8, 4) is 0 Å². The van der Waals surface area contributed by atoms with Crippen LogP contribution in [0.1, 0.15) is 33.1 Å². The van der Waals surface area contributed by atoms with Gasteiger partial charge in [0.05, 0.1) is 6.42 Å². The van der Waals surface area contributed by atoms with Crippen LogP contribution in [0.2, 0.25) is 0 Å². The smallest absolute Gasteiger partial charge is 0.142 e. The zero-order valence-corrected chi connectivity index (χ0v) is 7.80. The first kappa shape index (κ1) is 11.3. The minimum atomic E-state index is -0.0353. The van der Waals surface area contributed by atoms with Crippen molar-refractivity contribution in [2.24, 2.45) is 11.7 Å². The topological polar surface area (TPSA) is 60.2 Å². The fourth-order valence-electron chi connectivity index (χ4n) is 0.786. The highest BCUT2D eigenvalue weighted by Gasteiger charge is 2.11. The lowest BCUT2D eigenvalue weighted by Gasteiger charge is -2.02. The van der Waals surface area contributed by atoms with Crippen LogP contribution < -0.4 is 5.73 Å². The Labute approximate surface area is 73.3 Å². The van der Waals surface area contributed by atoms with Gasteiger partial charge in [0.25, 0.3) is 0 Å². The number of hydrogen-bond acceptors (Lipinski definition) is 3. The normalized spacial score (nSPS) is 10.3. The second-order valence-corrected chi connectivity index (χ2v) is 3.23. The van der Waals surface area contributed by atoms with Gasteiger partial charge < -0.3 is 5.73 Å². The summed E-state index contributed by atoms with van der Waals surface area (Å²) in [5, 5.41) is 0. The standard InChI is InChI=1S/C9H17NO2/c1-7(2)9(12)6-8(11)4-3-5-10/h7H,3-6,10H2,1-2H3. The summed E-state index contributed by atoms with van der Waals surface area (Å²) in [5.41, 5.74) is 5.23. The summed E-state index contributed by atoms with van der Waals surface area (Å²) < 4.78 is 0. The molecular weight excluding hydrogens is 154 g/mol. The van der Waals surface area contributed by atoms with Crippen LogP contribution >= 0.6 is 0 Å². The maximum atomic E-state index is 11.1. The van der Waals surface area contributed by atoms with E-state index in [-0.39, 0.29) is 23.9 Å². The molecule has 0 aromatic rings. The Morgan fingerprint density at radius 2 is 1.92 bits per heavy atom. The number of hydrogen-bond donors (Lipinski definition) is 1. The summed E-state index contributed by atoms with van der Waals surface area (Å²) in [5.74, 6) is 0.00278. The van der Waals surface area contributed by atoms with Crippen LogP contribution in [0.25, 0.3) is 0 Å². The third-order valence-electron chi connectivity index (χ3n) is 1.68. The Hall–Kier alpha value is -0.700. The molecule has 3 nitrogen and oxygen atoms in total. The van der Waals surface area contributed by atoms with Crippen molar-refractivity contribution < 1.29 is 9.59 Å². The van der Waals surface area contributed by atoms with Gasteiger partial charge in [0, 0.05) is 12.3 Å². The lowest BCUT2D eigenvalue weighted by molar-refractivity contribution is -0.128. The van der Waals surface area contributed by atoms with Crippen LogP contribution in [0.4, 0.5) is 0 Å². The number of carbonyl (C=O) groups is 2. The monoisotopic (exact) mass is 171 g/mol. The lowest BCUT2D eigenvalue weighted by atomic mass is 10.0. The van der Waals surface area contributed by atoms with Gasteiger partial charge in [-0.15, -0.1) is 0 Å². The third kappa shape index (κ3) is 5.02. The van der Waals surface area contributed by atoms with Crippen LogP contribution in [-0.2, 0) is 9.59 Å². The van der Waals surface area contributed by atoms with E-state index in [1.807, 2.05) is 0 Å². The molecule has 0 atom stereocenters. The van der Waals surface area contributed by atoms with Crippen molar-refractivity contribution in [3.63, 3.8) is 0 Å². The summed E-state index contributed by atoms with van der Waals surface area (Å²) in [6.07, 6.45) is 1.21. The molecule has 0 aliphatic heterocycles. The van der Waals surface area contributed by atoms with Gasteiger partial charge in [-0.2, -0.15) is 0 Å². The highest BCUT2D eigenvalue weighted by atomic mass is 16.1. The molecule has 0 rings (SSSR count). The molecule has 0 bridgehead atoms. The van der Waals surface area contributed by atoms with E-state index in [2.05, 4.69) is 0 Å². The van der Waals surface area contributed by atoms with Crippen molar-refractivity contribution in [3.05, 3.63) is 0 Å². The molecule has 0 unspecified atom stereocenters. The number of rotatable bonds is 6. The fourth-order valence-corrected chi connectivity index (χ4v) is 0.786. The van der Waals surface area contributed by atoms with Crippen LogP contribution in [0.3, 0.4) is 0 Å². The second kappa shape index (κ2) is 5.89. The van der Waals surface area contributed by atoms with Gasteiger partial charge in [0.1, 0.15) is 11.6 Å². The van der Waals surface area contributed by atoms with Crippen LogP contribution in [0, 0.1) is 5.92 Å². The second-order valence-electron chi connectivity index (χ2n) is 3.23.